The predicted molar refractivity (Wildman–Crippen MR) is 117 cm³/mol. The molecular weight excluding hydrogens is 378 g/mol. The highest BCUT2D eigenvalue weighted by Crippen LogP contribution is 2.20. The van der Waals surface area contributed by atoms with Gasteiger partial charge >= 0.3 is 0 Å². The van der Waals surface area contributed by atoms with Gasteiger partial charge in [-0.15, -0.1) is 0 Å². The summed E-state index contributed by atoms with van der Waals surface area (Å²) in [5.41, 5.74) is 2.34. The van der Waals surface area contributed by atoms with E-state index in [4.69, 9.17) is 9.97 Å². The molecule has 8 nitrogen and oxygen atoms in total. The van der Waals surface area contributed by atoms with Crippen LogP contribution >= 0.6 is 0 Å². The average molecular weight is 399 g/mol. The molecule has 150 valence electrons. The number of para-hydroxylation sites is 1. The third-order valence-corrected chi connectivity index (χ3v) is 5.38. The number of hydrogen-bond donors (Lipinski definition) is 0. The number of anilines is 2. The van der Waals surface area contributed by atoms with Gasteiger partial charge in [0.25, 0.3) is 5.56 Å². The van der Waals surface area contributed by atoms with Crippen molar-refractivity contribution in [3.8, 4) is 11.4 Å². The second kappa shape index (κ2) is 7.55. The maximum absolute atomic E-state index is 12.7. The number of pyridine rings is 1. The Hall–Kier alpha value is -3.81. The SMILES string of the molecule is Cn1c(N2CCN(c3nccc(-c4ccccn4)n3)CC2)nc2ccccc2c1=O. The first-order chi connectivity index (χ1) is 14.7. The normalized spacial score (nSPS) is 14.3. The van der Waals surface area contributed by atoms with Crippen LogP contribution in [0.25, 0.3) is 22.3 Å². The summed E-state index contributed by atoms with van der Waals surface area (Å²) in [6.45, 7) is 2.95. The van der Waals surface area contributed by atoms with Crippen LogP contribution in [0.3, 0.4) is 0 Å². The van der Waals surface area contributed by atoms with Gasteiger partial charge in [0.2, 0.25) is 11.9 Å². The van der Waals surface area contributed by atoms with Gasteiger partial charge in [0.1, 0.15) is 0 Å². The average Bonchev–Trinajstić information content (AvgIpc) is 2.82. The predicted octanol–water partition coefficient (Wildman–Crippen LogP) is 2.11. The smallest absolute Gasteiger partial charge is 0.262 e. The third kappa shape index (κ3) is 3.26. The first-order valence-corrected chi connectivity index (χ1v) is 9.91. The summed E-state index contributed by atoms with van der Waals surface area (Å²) in [4.78, 5) is 35.3. The molecule has 5 rings (SSSR count). The summed E-state index contributed by atoms with van der Waals surface area (Å²) in [5.74, 6) is 1.39. The Bertz CT molecular complexity index is 1250. The lowest BCUT2D eigenvalue weighted by Crippen LogP contribution is -2.48. The van der Waals surface area contributed by atoms with E-state index in [9.17, 15) is 4.79 Å². The van der Waals surface area contributed by atoms with Crippen LogP contribution in [0, 0.1) is 0 Å². The Kier molecular flexibility index (Phi) is 4.59. The molecule has 1 saturated heterocycles. The van der Waals surface area contributed by atoms with Crippen molar-refractivity contribution in [3.63, 3.8) is 0 Å². The van der Waals surface area contributed by atoms with Crippen molar-refractivity contribution in [1.82, 2.24) is 24.5 Å². The number of fused-ring (bicyclic) bond motifs is 1. The number of aromatic nitrogens is 5. The van der Waals surface area contributed by atoms with Crippen LogP contribution in [0.4, 0.5) is 11.9 Å². The Morgan fingerprint density at radius 2 is 1.53 bits per heavy atom. The van der Waals surface area contributed by atoms with Crippen molar-refractivity contribution in [2.24, 2.45) is 7.05 Å². The molecule has 8 heteroatoms. The molecule has 4 aromatic rings. The van der Waals surface area contributed by atoms with Crippen molar-refractivity contribution >= 4 is 22.8 Å². The molecule has 1 aromatic carbocycles. The molecule has 1 aliphatic rings. The van der Waals surface area contributed by atoms with Gasteiger partial charge in [0, 0.05) is 45.6 Å². The zero-order valence-corrected chi connectivity index (χ0v) is 16.6. The molecule has 0 unspecified atom stereocenters. The maximum Gasteiger partial charge on any atom is 0.262 e. The third-order valence-electron chi connectivity index (χ3n) is 5.38. The summed E-state index contributed by atoms with van der Waals surface area (Å²) < 4.78 is 1.64. The topological polar surface area (TPSA) is 80.0 Å². The van der Waals surface area contributed by atoms with E-state index in [0.29, 0.717) is 17.3 Å². The molecule has 0 bridgehead atoms. The first kappa shape index (κ1) is 18.2. The van der Waals surface area contributed by atoms with Crippen LogP contribution in [0.15, 0.2) is 65.7 Å². The Labute approximate surface area is 173 Å². The van der Waals surface area contributed by atoms with E-state index in [0.717, 1.165) is 43.1 Å². The second-order valence-electron chi connectivity index (χ2n) is 7.22. The van der Waals surface area contributed by atoms with E-state index in [1.807, 2.05) is 48.5 Å². The van der Waals surface area contributed by atoms with Crippen LogP contribution in [0.1, 0.15) is 0 Å². The lowest BCUT2D eigenvalue weighted by Gasteiger charge is -2.35. The fourth-order valence-electron chi connectivity index (χ4n) is 3.75. The Morgan fingerprint density at radius 3 is 2.33 bits per heavy atom. The van der Waals surface area contributed by atoms with Gasteiger partial charge in [-0.3, -0.25) is 14.3 Å². The molecule has 30 heavy (non-hydrogen) atoms. The molecule has 0 spiro atoms. The van der Waals surface area contributed by atoms with E-state index >= 15 is 0 Å². The van der Waals surface area contributed by atoms with E-state index in [1.54, 1.807) is 24.0 Å². The zero-order valence-electron chi connectivity index (χ0n) is 16.6. The van der Waals surface area contributed by atoms with E-state index in [2.05, 4.69) is 19.8 Å². The summed E-state index contributed by atoms with van der Waals surface area (Å²) in [6.07, 6.45) is 3.53. The van der Waals surface area contributed by atoms with Crippen molar-refractivity contribution in [2.45, 2.75) is 0 Å². The van der Waals surface area contributed by atoms with Crippen molar-refractivity contribution in [1.29, 1.82) is 0 Å². The molecule has 1 aliphatic heterocycles. The summed E-state index contributed by atoms with van der Waals surface area (Å²) in [6, 6.07) is 15.1. The molecular formula is C22H21N7O. The van der Waals surface area contributed by atoms with Gasteiger partial charge in [-0.2, -0.15) is 0 Å². The van der Waals surface area contributed by atoms with Gasteiger partial charge < -0.3 is 9.80 Å². The van der Waals surface area contributed by atoms with E-state index < -0.39 is 0 Å². The lowest BCUT2D eigenvalue weighted by atomic mass is 10.2. The molecule has 0 atom stereocenters. The van der Waals surface area contributed by atoms with Gasteiger partial charge in [-0.05, 0) is 30.3 Å². The van der Waals surface area contributed by atoms with E-state index in [1.165, 1.54) is 0 Å². The standard InChI is InChI=1S/C22H21N7O/c1-27-20(30)16-6-2-3-7-17(16)26-22(27)29-14-12-28(13-15-29)21-24-11-9-19(25-21)18-8-4-5-10-23-18/h2-11H,12-15H2,1H3. The number of benzene rings is 1. The van der Waals surface area contributed by atoms with Gasteiger partial charge in [-0.1, -0.05) is 18.2 Å². The number of rotatable bonds is 3. The maximum atomic E-state index is 12.7. The second-order valence-corrected chi connectivity index (χ2v) is 7.22. The van der Waals surface area contributed by atoms with Gasteiger partial charge in [0.05, 0.1) is 22.3 Å². The molecule has 1 fully saturated rings. The molecule has 0 amide bonds. The largest absolute Gasteiger partial charge is 0.339 e. The fourth-order valence-corrected chi connectivity index (χ4v) is 3.75. The summed E-state index contributed by atoms with van der Waals surface area (Å²) >= 11 is 0. The Morgan fingerprint density at radius 1 is 0.767 bits per heavy atom. The summed E-state index contributed by atoms with van der Waals surface area (Å²) in [5, 5.41) is 0.641. The van der Waals surface area contributed by atoms with Crippen LogP contribution in [0.2, 0.25) is 0 Å². The number of piperazine rings is 1. The highest BCUT2D eigenvalue weighted by atomic mass is 16.1. The molecule has 3 aromatic heterocycles. The molecule has 0 saturated carbocycles. The minimum absolute atomic E-state index is 0.0237. The minimum Gasteiger partial charge on any atom is -0.339 e. The Balaban J connectivity index is 1.37. The van der Waals surface area contributed by atoms with Crippen molar-refractivity contribution < 1.29 is 0 Å². The molecule has 4 heterocycles. The minimum atomic E-state index is -0.0237. The van der Waals surface area contributed by atoms with Crippen LogP contribution in [0.5, 0.6) is 0 Å². The lowest BCUT2D eigenvalue weighted by molar-refractivity contribution is 0.613. The molecule has 0 N–H and O–H groups in total. The number of nitrogens with zero attached hydrogens (tertiary/aromatic N) is 7. The van der Waals surface area contributed by atoms with Crippen LogP contribution in [-0.2, 0) is 7.05 Å². The molecule has 0 aliphatic carbocycles. The monoisotopic (exact) mass is 399 g/mol. The van der Waals surface area contributed by atoms with Crippen molar-refractivity contribution in [2.75, 3.05) is 36.0 Å². The highest BCUT2D eigenvalue weighted by Gasteiger charge is 2.23. The molecule has 0 radical (unpaired) electrons. The first-order valence-electron chi connectivity index (χ1n) is 9.91. The van der Waals surface area contributed by atoms with Crippen molar-refractivity contribution in [3.05, 3.63) is 71.3 Å². The van der Waals surface area contributed by atoms with Crippen LogP contribution < -0.4 is 15.4 Å². The fraction of sp³-hybridized carbons (Fsp3) is 0.227. The quantitative estimate of drug-likeness (QED) is 0.522. The van der Waals surface area contributed by atoms with E-state index in [-0.39, 0.29) is 5.56 Å². The van der Waals surface area contributed by atoms with Gasteiger partial charge in [-0.25, -0.2) is 15.0 Å². The zero-order chi connectivity index (χ0) is 20.5. The highest BCUT2D eigenvalue weighted by molar-refractivity contribution is 5.78. The summed E-state index contributed by atoms with van der Waals surface area (Å²) in [7, 11) is 1.78. The number of hydrogen-bond acceptors (Lipinski definition) is 7. The van der Waals surface area contributed by atoms with Crippen LogP contribution in [-0.4, -0.2) is 50.7 Å². The van der Waals surface area contributed by atoms with Gasteiger partial charge in [0.15, 0.2) is 0 Å².